The Kier molecular flexibility index (Phi) is 5.39. The Hall–Kier alpha value is -2.79. The molecule has 5 heteroatoms. The zero-order valence-electron chi connectivity index (χ0n) is 23.9. The number of likely N-dealkylation sites (N-methyl/N-ethyl adjacent to an activating group) is 1. The van der Waals surface area contributed by atoms with E-state index in [0.29, 0.717) is 17.9 Å². The quantitative estimate of drug-likeness (QED) is 0.461. The molecule has 0 spiro atoms. The van der Waals surface area contributed by atoms with Crippen molar-refractivity contribution in [2.45, 2.75) is 46.1 Å². The molecule has 0 aliphatic carbocycles. The van der Waals surface area contributed by atoms with Crippen molar-refractivity contribution < 1.29 is 8.22 Å². The van der Waals surface area contributed by atoms with E-state index in [1.807, 2.05) is 54.6 Å². The molecule has 162 valence electrons. The summed E-state index contributed by atoms with van der Waals surface area (Å²) in [6, 6.07) is 17.9. The first-order valence-corrected chi connectivity index (χ1v) is 10.8. The molecule has 0 radical (unpaired) electrons. The van der Waals surface area contributed by atoms with Crippen molar-refractivity contribution in [2.75, 3.05) is 14.0 Å². The summed E-state index contributed by atoms with van der Waals surface area (Å²) in [4.78, 5) is 18.3. The average molecular weight is 440 g/mol. The molecule has 4 nitrogen and oxygen atoms in total. The van der Waals surface area contributed by atoms with Crippen LogP contribution in [0.2, 0.25) is 0 Å². The standard InChI is InChI=1S/C26H31N3OS/c1-5-6-12-24-27-19(2)23(17-25(31)28(3)4)26(30)29(24)18-20-13-15-22(16-14-20)21-10-8-7-9-11-21/h7-11,13-16H,5-6,12,17-18H2,1-4H3/i3D3,4D3. The molecular weight excluding hydrogens is 402 g/mol. The van der Waals surface area contributed by atoms with Gasteiger partial charge < -0.3 is 4.90 Å². The fraction of sp³-hybridized carbons (Fsp3) is 0.346. The first-order chi connectivity index (χ1) is 17.3. The number of benzene rings is 2. The molecule has 3 rings (SSSR count). The third-order valence-corrected chi connectivity index (χ3v) is 5.61. The minimum Gasteiger partial charge on any atom is -0.372 e. The van der Waals surface area contributed by atoms with Crippen LogP contribution < -0.4 is 5.56 Å². The van der Waals surface area contributed by atoms with Gasteiger partial charge in [0.1, 0.15) is 5.82 Å². The van der Waals surface area contributed by atoms with Gasteiger partial charge in [0.2, 0.25) is 0 Å². The van der Waals surface area contributed by atoms with E-state index in [9.17, 15) is 4.79 Å². The van der Waals surface area contributed by atoms with Crippen LogP contribution in [0, 0.1) is 6.92 Å². The number of rotatable bonds is 8. The summed E-state index contributed by atoms with van der Waals surface area (Å²) in [6.07, 6.45) is 2.09. The third kappa shape index (κ3) is 5.67. The minimum atomic E-state index is -2.97. The zero-order valence-corrected chi connectivity index (χ0v) is 18.7. The maximum atomic E-state index is 13.7. The maximum Gasteiger partial charge on any atom is 0.257 e. The third-order valence-electron chi connectivity index (χ3n) is 5.28. The molecule has 0 fully saturated rings. The molecular formula is C26H31N3OS. The highest BCUT2D eigenvalue weighted by molar-refractivity contribution is 7.80. The molecule has 31 heavy (non-hydrogen) atoms. The molecule has 0 unspecified atom stereocenters. The van der Waals surface area contributed by atoms with Crippen LogP contribution in [0.4, 0.5) is 0 Å². The van der Waals surface area contributed by atoms with Gasteiger partial charge in [-0.2, -0.15) is 0 Å². The molecule has 0 atom stereocenters. The molecule has 0 saturated heterocycles. The van der Waals surface area contributed by atoms with Crippen molar-refractivity contribution in [3.63, 3.8) is 0 Å². The van der Waals surface area contributed by atoms with E-state index in [0.717, 1.165) is 29.5 Å². The van der Waals surface area contributed by atoms with Crippen molar-refractivity contribution in [3.05, 3.63) is 87.6 Å². The summed E-state index contributed by atoms with van der Waals surface area (Å²) >= 11 is 5.24. The van der Waals surface area contributed by atoms with Crippen LogP contribution in [0.3, 0.4) is 0 Å². The lowest BCUT2D eigenvalue weighted by atomic mass is 10.0. The average Bonchev–Trinajstić information content (AvgIpc) is 2.81. The topological polar surface area (TPSA) is 38.1 Å². The van der Waals surface area contributed by atoms with E-state index in [4.69, 9.17) is 20.4 Å². The maximum absolute atomic E-state index is 13.7. The van der Waals surface area contributed by atoms with E-state index >= 15 is 0 Å². The highest BCUT2D eigenvalue weighted by atomic mass is 32.1. The van der Waals surface area contributed by atoms with Gasteiger partial charge in [-0.1, -0.05) is 80.2 Å². The van der Waals surface area contributed by atoms with Gasteiger partial charge >= 0.3 is 0 Å². The van der Waals surface area contributed by atoms with Crippen molar-refractivity contribution in [3.8, 4) is 11.1 Å². The minimum absolute atomic E-state index is 0.199. The van der Waals surface area contributed by atoms with Gasteiger partial charge in [0.15, 0.2) is 0 Å². The smallest absolute Gasteiger partial charge is 0.257 e. The molecule has 2 aromatic carbocycles. The molecule has 0 N–H and O–H groups in total. The highest BCUT2D eigenvalue weighted by Crippen LogP contribution is 2.20. The van der Waals surface area contributed by atoms with Crippen LogP contribution >= 0.6 is 12.2 Å². The lowest BCUT2D eigenvalue weighted by Gasteiger charge is -2.18. The number of hydrogen-bond donors (Lipinski definition) is 0. The molecule has 3 aromatic rings. The second kappa shape index (κ2) is 10.5. The summed E-state index contributed by atoms with van der Waals surface area (Å²) in [5, 5.41) is 0. The molecule has 0 aliphatic rings. The van der Waals surface area contributed by atoms with Gasteiger partial charge in [-0.15, -0.1) is 0 Å². The van der Waals surface area contributed by atoms with Crippen LogP contribution in [0.5, 0.6) is 0 Å². The second-order valence-corrected chi connectivity index (χ2v) is 8.03. The summed E-state index contributed by atoms with van der Waals surface area (Å²) in [5.41, 5.74) is 3.34. The number of aromatic nitrogens is 2. The number of thiocarbonyl (C=S) groups is 1. The van der Waals surface area contributed by atoms with Gasteiger partial charge in [0.05, 0.1) is 11.5 Å². The van der Waals surface area contributed by atoms with E-state index in [1.54, 1.807) is 11.5 Å². The summed E-state index contributed by atoms with van der Waals surface area (Å²) in [5.74, 6) is 0.634. The normalized spacial score (nSPS) is 14.5. The summed E-state index contributed by atoms with van der Waals surface area (Å²) in [7, 11) is 0. The molecule has 1 heterocycles. The molecule has 0 aliphatic heterocycles. The summed E-state index contributed by atoms with van der Waals surface area (Å²) in [6.45, 7) is -1.93. The highest BCUT2D eigenvalue weighted by Gasteiger charge is 2.16. The first kappa shape index (κ1) is 15.9. The first-order valence-electron chi connectivity index (χ1n) is 13.4. The van der Waals surface area contributed by atoms with Crippen LogP contribution in [0.25, 0.3) is 11.1 Å². The molecule has 0 saturated carbocycles. The van der Waals surface area contributed by atoms with E-state index in [1.165, 1.54) is 0 Å². The predicted octanol–water partition coefficient (Wildman–Crippen LogP) is 5.04. The molecule has 1 aromatic heterocycles. The number of unbranched alkanes of at least 4 members (excludes halogenated alkanes) is 1. The Morgan fingerprint density at radius 3 is 2.42 bits per heavy atom. The monoisotopic (exact) mass is 439 g/mol. The van der Waals surface area contributed by atoms with Gasteiger partial charge in [0, 0.05) is 46.3 Å². The Labute approximate surface area is 199 Å². The van der Waals surface area contributed by atoms with Gasteiger partial charge in [-0.3, -0.25) is 9.36 Å². The van der Waals surface area contributed by atoms with Crippen molar-refractivity contribution in [1.82, 2.24) is 14.5 Å². The Bertz CT molecular complexity index is 1270. The SMILES string of the molecule is [2H]C([2H])([2H])N(C(=S)Cc1c(C)nc(CCCC)n(Cc2ccc(-c3ccccc3)cc2)c1=O)C([2H])([2H])[2H]. The number of hydrogen-bond acceptors (Lipinski definition) is 3. The van der Waals surface area contributed by atoms with E-state index in [-0.39, 0.29) is 34.0 Å². The van der Waals surface area contributed by atoms with E-state index < -0.39 is 14.0 Å². The predicted molar refractivity (Wildman–Crippen MR) is 133 cm³/mol. The van der Waals surface area contributed by atoms with Gasteiger partial charge in [0.25, 0.3) is 5.56 Å². The number of aryl methyl sites for hydroxylation is 2. The number of nitrogens with zero attached hydrogens (tertiary/aromatic N) is 3. The lowest BCUT2D eigenvalue weighted by molar-refractivity contribution is 0.610. The Balaban J connectivity index is 1.99. The molecule has 0 amide bonds. The Morgan fingerprint density at radius 2 is 1.77 bits per heavy atom. The second-order valence-electron chi connectivity index (χ2n) is 7.56. The fourth-order valence-corrected chi connectivity index (χ4v) is 3.64. The Morgan fingerprint density at radius 1 is 1.10 bits per heavy atom. The van der Waals surface area contributed by atoms with Crippen molar-refractivity contribution >= 4 is 17.2 Å². The van der Waals surface area contributed by atoms with Gasteiger partial charge in [-0.05, 0) is 30.0 Å². The zero-order chi connectivity index (χ0) is 27.4. The van der Waals surface area contributed by atoms with E-state index in [2.05, 4.69) is 11.9 Å². The lowest BCUT2D eigenvalue weighted by Crippen LogP contribution is -2.33. The fourth-order valence-electron chi connectivity index (χ4n) is 3.49. The summed E-state index contributed by atoms with van der Waals surface area (Å²) < 4.78 is 47.4. The largest absolute Gasteiger partial charge is 0.372 e. The van der Waals surface area contributed by atoms with Crippen LogP contribution in [0.1, 0.15) is 50.6 Å². The van der Waals surface area contributed by atoms with Crippen LogP contribution in [-0.4, -0.2) is 33.4 Å². The molecule has 0 bridgehead atoms. The van der Waals surface area contributed by atoms with Crippen LogP contribution in [0.15, 0.2) is 59.4 Å². The van der Waals surface area contributed by atoms with Crippen molar-refractivity contribution in [1.29, 1.82) is 0 Å². The van der Waals surface area contributed by atoms with Crippen LogP contribution in [-0.2, 0) is 19.4 Å². The van der Waals surface area contributed by atoms with Gasteiger partial charge in [-0.25, -0.2) is 4.98 Å². The van der Waals surface area contributed by atoms with Crippen molar-refractivity contribution in [2.24, 2.45) is 0 Å².